The number of fused-ring (bicyclic) bond motifs is 1. The van der Waals surface area contributed by atoms with Crippen molar-refractivity contribution in [2.24, 2.45) is 5.41 Å². The summed E-state index contributed by atoms with van der Waals surface area (Å²) in [7, 11) is 0. The molecule has 0 aliphatic rings. The van der Waals surface area contributed by atoms with Gasteiger partial charge in [-0.1, -0.05) is 64.8 Å². The molecule has 2 nitrogen and oxygen atoms in total. The molecule has 0 fully saturated rings. The van der Waals surface area contributed by atoms with E-state index in [0.717, 1.165) is 42.2 Å². The molecule has 1 aromatic carbocycles. The zero-order valence-electron chi connectivity index (χ0n) is 15.2. The molecule has 0 bridgehead atoms. The lowest BCUT2D eigenvalue weighted by Gasteiger charge is -2.23. The van der Waals surface area contributed by atoms with Crippen LogP contribution < -0.4 is 16.0 Å². The Bertz CT molecular complexity index is 764. The van der Waals surface area contributed by atoms with Crippen molar-refractivity contribution in [3.8, 4) is 0 Å². The Morgan fingerprint density at radius 2 is 1.71 bits per heavy atom. The second-order valence-electron chi connectivity index (χ2n) is 7.73. The Morgan fingerprint density at radius 3 is 2.21 bits per heavy atom. The topological polar surface area (TPSA) is 17.0 Å². The molecule has 130 valence electrons. The summed E-state index contributed by atoms with van der Waals surface area (Å²) in [5, 5.41) is 8.03. The Kier molecular flexibility index (Phi) is 5.87. The number of hydrogen-bond donors (Lipinski definition) is 2. The molecule has 1 unspecified atom stereocenters. The van der Waals surface area contributed by atoms with Gasteiger partial charge in [0.15, 0.2) is 0 Å². The van der Waals surface area contributed by atoms with Gasteiger partial charge in [0, 0.05) is 33.7 Å². The average molecular weight is 343 g/mol. The van der Waals surface area contributed by atoms with Gasteiger partial charge in [0.05, 0.1) is 5.37 Å². The van der Waals surface area contributed by atoms with Crippen LogP contribution in [-0.4, -0.2) is 9.94 Å². The highest BCUT2D eigenvalue weighted by atomic mass is 32.1. The van der Waals surface area contributed by atoms with Gasteiger partial charge < -0.3 is 9.88 Å². The number of benzene rings is 1. The molecule has 1 aromatic heterocycles. The maximum absolute atomic E-state index is 4.65. The summed E-state index contributed by atoms with van der Waals surface area (Å²) in [6.45, 7) is 20.1. The van der Waals surface area contributed by atoms with Crippen LogP contribution in [0.4, 0.5) is 0 Å². The number of nitrogens with zero attached hydrogens (tertiary/aromatic N) is 1. The molecule has 0 aliphatic carbocycles. The molecule has 24 heavy (non-hydrogen) atoms. The Balaban J connectivity index is 1.92. The Morgan fingerprint density at radius 1 is 1.17 bits per heavy atom. The van der Waals surface area contributed by atoms with Crippen LogP contribution in [0.2, 0.25) is 0 Å². The first kappa shape index (κ1) is 18.7. The Hall–Kier alpha value is -1.61. The highest BCUT2D eigenvalue weighted by molar-refractivity contribution is 7.80. The van der Waals surface area contributed by atoms with Crippen molar-refractivity contribution in [3.63, 3.8) is 0 Å². The summed E-state index contributed by atoms with van der Waals surface area (Å²) < 4.78 is 2.22. The molecular formula is C21H30N2S. The van der Waals surface area contributed by atoms with Gasteiger partial charge in [0.25, 0.3) is 0 Å². The molecule has 3 heteroatoms. The third-order valence-corrected chi connectivity index (χ3v) is 4.56. The Labute approximate surface area is 151 Å². The minimum absolute atomic E-state index is 0.131. The van der Waals surface area contributed by atoms with E-state index in [1.54, 1.807) is 0 Å². The lowest BCUT2D eigenvalue weighted by atomic mass is 9.91. The predicted octanol–water partition coefficient (Wildman–Crippen LogP) is 4.04. The summed E-state index contributed by atoms with van der Waals surface area (Å²) >= 11 is 4.65. The fourth-order valence-electron chi connectivity index (χ4n) is 3.15. The minimum atomic E-state index is 0.131. The van der Waals surface area contributed by atoms with Crippen molar-refractivity contribution in [3.05, 3.63) is 47.2 Å². The third-order valence-electron chi connectivity index (χ3n) is 4.17. The van der Waals surface area contributed by atoms with E-state index in [2.05, 4.69) is 87.3 Å². The van der Waals surface area contributed by atoms with Gasteiger partial charge in [-0.3, -0.25) is 0 Å². The SMILES string of the molecule is C=C(CC(C)(C)C)NC(S)CCCn1c(=C)c2ccccc2c1=C. The number of aromatic nitrogens is 1. The molecule has 0 radical (unpaired) electrons. The van der Waals surface area contributed by atoms with Crippen molar-refractivity contribution < 1.29 is 0 Å². The molecular weight excluding hydrogens is 312 g/mol. The van der Waals surface area contributed by atoms with E-state index in [4.69, 9.17) is 0 Å². The van der Waals surface area contributed by atoms with Crippen LogP contribution in [0.15, 0.2) is 36.5 Å². The zero-order valence-corrected chi connectivity index (χ0v) is 16.1. The fourth-order valence-corrected chi connectivity index (χ4v) is 3.52. The van der Waals surface area contributed by atoms with Gasteiger partial charge in [-0.15, -0.1) is 0 Å². The molecule has 2 rings (SSSR count). The van der Waals surface area contributed by atoms with Crippen molar-refractivity contribution in [2.45, 2.75) is 52.0 Å². The highest BCUT2D eigenvalue weighted by Gasteiger charge is 2.13. The van der Waals surface area contributed by atoms with Gasteiger partial charge in [-0.25, -0.2) is 0 Å². The molecule has 1 N–H and O–H groups in total. The standard InChI is InChI=1S/C21H30N2S/c1-15(14-21(4,5)6)22-20(24)12-9-13-23-16(2)18-10-7-8-11-19(18)17(23)3/h7-8,10-11,20,22,24H,1-3,9,12-14H2,4-6H3. The van der Waals surface area contributed by atoms with E-state index in [9.17, 15) is 0 Å². The summed E-state index contributed by atoms with van der Waals surface area (Å²) in [5.74, 6) is 0. The van der Waals surface area contributed by atoms with Gasteiger partial charge in [-0.05, 0) is 24.7 Å². The number of nitrogens with one attached hydrogen (secondary N) is 1. The van der Waals surface area contributed by atoms with Gasteiger partial charge in [0.1, 0.15) is 0 Å². The molecule has 0 saturated heterocycles. The summed E-state index contributed by atoms with van der Waals surface area (Å²) in [6.07, 6.45) is 2.95. The third kappa shape index (κ3) is 4.70. The van der Waals surface area contributed by atoms with Crippen LogP contribution in [0.5, 0.6) is 0 Å². The van der Waals surface area contributed by atoms with E-state index < -0.39 is 0 Å². The lowest BCUT2D eigenvalue weighted by Crippen LogP contribution is -2.28. The van der Waals surface area contributed by atoms with E-state index in [0.29, 0.717) is 0 Å². The summed E-state index contributed by atoms with van der Waals surface area (Å²) in [6, 6.07) is 8.33. The largest absolute Gasteiger partial charge is 0.377 e. The number of allylic oxidation sites excluding steroid dienone is 1. The normalized spacial score (nSPS) is 13.2. The van der Waals surface area contributed by atoms with Crippen LogP contribution >= 0.6 is 12.6 Å². The van der Waals surface area contributed by atoms with Crippen molar-refractivity contribution in [2.75, 3.05) is 0 Å². The average Bonchev–Trinajstić information content (AvgIpc) is 2.70. The van der Waals surface area contributed by atoms with Crippen molar-refractivity contribution in [1.29, 1.82) is 0 Å². The summed E-state index contributed by atoms with van der Waals surface area (Å²) in [5.41, 5.74) is 1.30. The van der Waals surface area contributed by atoms with Gasteiger partial charge >= 0.3 is 0 Å². The first-order valence-electron chi connectivity index (χ1n) is 8.56. The maximum atomic E-state index is 4.65. The van der Waals surface area contributed by atoms with E-state index in [1.165, 1.54) is 10.8 Å². The van der Waals surface area contributed by atoms with Crippen LogP contribution in [0.3, 0.4) is 0 Å². The van der Waals surface area contributed by atoms with E-state index in [1.807, 2.05) is 0 Å². The number of thiol groups is 1. The first-order chi connectivity index (χ1) is 11.2. The molecule has 0 amide bonds. The molecule has 0 spiro atoms. The van der Waals surface area contributed by atoms with Gasteiger partial charge in [-0.2, -0.15) is 12.6 Å². The van der Waals surface area contributed by atoms with Crippen molar-refractivity contribution >= 4 is 36.6 Å². The fraction of sp³-hybridized carbons (Fsp3) is 0.429. The highest BCUT2D eigenvalue weighted by Crippen LogP contribution is 2.22. The molecule has 1 atom stereocenters. The predicted molar refractivity (Wildman–Crippen MR) is 111 cm³/mol. The monoisotopic (exact) mass is 342 g/mol. The number of hydrogen-bond acceptors (Lipinski definition) is 2. The molecule has 2 aromatic rings. The van der Waals surface area contributed by atoms with Crippen LogP contribution in [0.1, 0.15) is 40.0 Å². The minimum Gasteiger partial charge on any atom is -0.377 e. The van der Waals surface area contributed by atoms with Gasteiger partial charge in [0.2, 0.25) is 0 Å². The first-order valence-corrected chi connectivity index (χ1v) is 9.08. The zero-order chi connectivity index (χ0) is 17.9. The lowest BCUT2D eigenvalue weighted by molar-refractivity contribution is 0.395. The molecule has 0 aliphatic heterocycles. The molecule has 0 saturated carbocycles. The quantitative estimate of drug-likeness (QED) is 0.574. The summed E-state index contributed by atoms with van der Waals surface area (Å²) in [4.78, 5) is 0. The smallest absolute Gasteiger partial charge is 0.0690 e. The number of rotatable bonds is 7. The van der Waals surface area contributed by atoms with Crippen molar-refractivity contribution in [1.82, 2.24) is 9.88 Å². The maximum Gasteiger partial charge on any atom is 0.0690 e. The molecule has 1 heterocycles. The van der Waals surface area contributed by atoms with Crippen LogP contribution in [0.25, 0.3) is 23.9 Å². The van der Waals surface area contributed by atoms with Crippen LogP contribution in [0, 0.1) is 5.41 Å². The van der Waals surface area contributed by atoms with E-state index >= 15 is 0 Å². The van der Waals surface area contributed by atoms with Crippen LogP contribution in [-0.2, 0) is 6.54 Å². The van der Waals surface area contributed by atoms with E-state index in [-0.39, 0.29) is 10.8 Å². The second-order valence-corrected chi connectivity index (χ2v) is 8.36. The second kappa shape index (κ2) is 7.52.